The summed E-state index contributed by atoms with van der Waals surface area (Å²) in [5.74, 6) is 0.926. The summed E-state index contributed by atoms with van der Waals surface area (Å²) in [6.07, 6.45) is 0. The lowest BCUT2D eigenvalue weighted by atomic mass is 10.1. The van der Waals surface area contributed by atoms with Gasteiger partial charge in [-0.3, -0.25) is 9.63 Å². The van der Waals surface area contributed by atoms with E-state index in [0.29, 0.717) is 17.1 Å². The van der Waals surface area contributed by atoms with Crippen molar-refractivity contribution in [1.82, 2.24) is 10.2 Å². The Morgan fingerprint density at radius 3 is 2.48 bits per heavy atom. The minimum Gasteiger partial charge on any atom is -0.488 e. The highest BCUT2D eigenvalue weighted by Gasteiger charge is 2.19. The quantitative estimate of drug-likeness (QED) is 0.663. The largest absolute Gasteiger partial charge is 0.488 e. The maximum absolute atomic E-state index is 12.6. The molecule has 130 valence electrons. The van der Waals surface area contributed by atoms with Gasteiger partial charge < -0.3 is 9.26 Å². The molecule has 0 saturated heterocycles. The SMILES string of the molecule is CON(C)C(=O)c1cc2ccccc2cc1OCc1c(C)noc1C. The molecule has 3 rings (SSSR count). The monoisotopic (exact) mass is 340 g/mol. The molecule has 0 radical (unpaired) electrons. The van der Waals surface area contributed by atoms with Crippen LogP contribution in [0.5, 0.6) is 5.75 Å². The molecule has 0 aliphatic carbocycles. The fourth-order valence-electron chi connectivity index (χ4n) is 2.62. The maximum atomic E-state index is 12.6. The normalized spacial score (nSPS) is 10.9. The van der Waals surface area contributed by atoms with E-state index in [1.54, 1.807) is 7.05 Å². The van der Waals surface area contributed by atoms with E-state index in [0.717, 1.165) is 22.0 Å². The Kier molecular flexibility index (Phi) is 4.72. The van der Waals surface area contributed by atoms with Gasteiger partial charge in [0.1, 0.15) is 18.1 Å². The first-order valence-corrected chi connectivity index (χ1v) is 7.90. The number of hydrogen-bond acceptors (Lipinski definition) is 5. The van der Waals surface area contributed by atoms with Crippen LogP contribution in [0.4, 0.5) is 0 Å². The molecule has 0 spiro atoms. The molecular weight excluding hydrogens is 320 g/mol. The van der Waals surface area contributed by atoms with Gasteiger partial charge >= 0.3 is 0 Å². The zero-order valence-corrected chi connectivity index (χ0v) is 14.7. The van der Waals surface area contributed by atoms with Crippen LogP contribution in [0.3, 0.4) is 0 Å². The number of benzene rings is 2. The summed E-state index contributed by atoms with van der Waals surface area (Å²) in [5.41, 5.74) is 2.10. The van der Waals surface area contributed by atoms with E-state index in [4.69, 9.17) is 14.1 Å². The molecule has 0 aliphatic rings. The van der Waals surface area contributed by atoms with E-state index < -0.39 is 0 Å². The summed E-state index contributed by atoms with van der Waals surface area (Å²) in [4.78, 5) is 17.7. The van der Waals surface area contributed by atoms with Gasteiger partial charge in [-0.25, -0.2) is 5.06 Å². The second-order valence-corrected chi connectivity index (χ2v) is 5.77. The molecular formula is C19H20N2O4. The summed E-state index contributed by atoms with van der Waals surface area (Å²) in [6, 6.07) is 11.5. The van der Waals surface area contributed by atoms with Crippen molar-refractivity contribution in [3.8, 4) is 5.75 Å². The molecule has 1 aromatic heterocycles. The van der Waals surface area contributed by atoms with Gasteiger partial charge in [0.25, 0.3) is 5.91 Å². The first kappa shape index (κ1) is 17.0. The maximum Gasteiger partial charge on any atom is 0.280 e. The van der Waals surface area contributed by atoms with Gasteiger partial charge in [-0.2, -0.15) is 0 Å². The third-order valence-corrected chi connectivity index (χ3v) is 4.19. The predicted octanol–water partition coefficient (Wildman–Crippen LogP) is 3.66. The molecule has 0 unspecified atom stereocenters. The van der Waals surface area contributed by atoms with Gasteiger partial charge in [-0.05, 0) is 36.8 Å². The highest BCUT2D eigenvalue weighted by atomic mass is 16.7. The molecule has 1 amide bonds. The highest BCUT2D eigenvalue weighted by molar-refractivity contribution is 6.01. The van der Waals surface area contributed by atoms with Gasteiger partial charge in [-0.15, -0.1) is 0 Å². The molecule has 6 nitrogen and oxygen atoms in total. The number of aryl methyl sites for hydroxylation is 2. The van der Waals surface area contributed by atoms with Crippen molar-refractivity contribution in [2.45, 2.75) is 20.5 Å². The van der Waals surface area contributed by atoms with E-state index in [1.807, 2.05) is 50.2 Å². The number of amides is 1. The van der Waals surface area contributed by atoms with Crippen LogP contribution >= 0.6 is 0 Å². The third-order valence-electron chi connectivity index (χ3n) is 4.19. The third kappa shape index (κ3) is 3.34. The van der Waals surface area contributed by atoms with Crippen molar-refractivity contribution in [3.63, 3.8) is 0 Å². The van der Waals surface area contributed by atoms with E-state index in [2.05, 4.69) is 5.16 Å². The average Bonchev–Trinajstić information content (AvgIpc) is 2.95. The predicted molar refractivity (Wildman–Crippen MR) is 93.4 cm³/mol. The lowest BCUT2D eigenvalue weighted by Crippen LogP contribution is -2.26. The average molecular weight is 340 g/mol. The van der Waals surface area contributed by atoms with Crippen molar-refractivity contribution < 1.29 is 18.9 Å². The topological polar surface area (TPSA) is 64.8 Å². The molecule has 0 saturated carbocycles. The summed E-state index contributed by atoms with van der Waals surface area (Å²) < 4.78 is 11.1. The van der Waals surface area contributed by atoms with Crippen molar-refractivity contribution in [1.29, 1.82) is 0 Å². The van der Waals surface area contributed by atoms with Crippen LogP contribution in [0.15, 0.2) is 40.9 Å². The molecule has 25 heavy (non-hydrogen) atoms. The van der Waals surface area contributed by atoms with Crippen LogP contribution in [0.2, 0.25) is 0 Å². The Balaban J connectivity index is 2.00. The molecule has 0 aliphatic heterocycles. The number of nitrogens with zero attached hydrogens (tertiary/aromatic N) is 2. The first-order valence-electron chi connectivity index (χ1n) is 7.90. The lowest BCUT2D eigenvalue weighted by molar-refractivity contribution is -0.0758. The second kappa shape index (κ2) is 6.94. The van der Waals surface area contributed by atoms with Crippen molar-refractivity contribution in [3.05, 3.63) is 59.0 Å². The Bertz CT molecular complexity index is 897. The molecule has 3 aromatic rings. The molecule has 0 fully saturated rings. The minimum absolute atomic E-state index is 0.274. The van der Waals surface area contributed by atoms with Crippen LogP contribution in [0.1, 0.15) is 27.4 Å². The Morgan fingerprint density at radius 2 is 1.88 bits per heavy atom. The summed E-state index contributed by atoms with van der Waals surface area (Å²) in [7, 11) is 3.01. The summed E-state index contributed by atoms with van der Waals surface area (Å²) in [5, 5.41) is 7.05. The molecule has 0 N–H and O–H groups in total. The molecule has 0 atom stereocenters. The van der Waals surface area contributed by atoms with Crippen LogP contribution in [-0.4, -0.2) is 30.3 Å². The van der Waals surface area contributed by atoms with E-state index in [9.17, 15) is 4.79 Å². The van der Waals surface area contributed by atoms with Crippen molar-refractivity contribution >= 4 is 16.7 Å². The second-order valence-electron chi connectivity index (χ2n) is 5.77. The van der Waals surface area contributed by atoms with Gasteiger partial charge in [0.15, 0.2) is 0 Å². The highest BCUT2D eigenvalue weighted by Crippen LogP contribution is 2.28. The van der Waals surface area contributed by atoms with Gasteiger partial charge in [0.05, 0.1) is 23.9 Å². The number of fused-ring (bicyclic) bond motifs is 1. The van der Waals surface area contributed by atoms with E-state index in [1.165, 1.54) is 12.2 Å². The number of aromatic nitrogens is 1. The zero-order chi connectivity index (χ0) is 18.0. The zero-order valence-electron chi connectivity index (χ0n) is 14.7. The number of hydrogen-bond donors (Lipinski definition) is 0. The number of rotatable bonds is 5. The molecule has 0 bridgehead atoms. The summed E-state index contributed by atoms with van der Waals surface area (Å²) >= 11 is 0. The lowest BCUT2D eigenvalue weighted by Gasteiger charge is -2.17. The fourth-order valence-corrected chi connectivity index (χ4v) is 2.62. The van der Waals surface area contributed by atoms with Crippen LogP contribution in [-0.2, 0) is 11.4 Å². The smallest absolute Gasteiger partial charge is 0.280 e. The fraction of sp³-hybridized carbons (Fsp3) is 0.263. The Labute approximate surface area is 145 Å². The van der Waals surface area contributed by atoms with Gasteiger partial charge in [-0.1, -0.05) is 29.4 Å². The number of ether oxygens (including phenoxy) is 1. The molecule has 2 aromatic carbocycles. The van der Waals surface area contributed by atoms with E-state index >= 15 is 0 Å². The minimum atomic E-state index is -0.276. The Hall–Kier alpha value is -2.86. The van der Waals surface area contributed by atoms with Crippen LogP contribution in [0, 0.1) is 13.8 Å². The van der Waals surface area contributed by atoms with Gasteiger partial charge in [0, 0.05) is 7.05 Å². The van der Waals surface area contributed by atoms with Crippen LogP contribution in [0.25, 0.3) is 10.8 Å². The van der Waals surface area contributed by atoms with Crippen molar-refractivity contribution in [2.24, 2.45) is 0 Å². The first-order chi connectivity index (χ1) is 12.0. The standard InChI is InChI=1S/C19H20N2O4/c1-12-17(13(2)25-20-12)11-24-18-10-15-8-6-5-7-14(15)9-16(18)19(22)21(3)23-4/h5-10H,11H2,1-4H3. The molecule has 6 heteroatoms. The Morgan fingerprint density at radius 1 is 1.20 bits per heavy atom. The van der Waals surface area contributed by atoms with E-state index in [-0.39, 0.29) is 12.5 Å². The van der Waals surface area contributed by atoms with Gasteiger partial charge in [0.2, 0.25) is 0 Å². The van der Waals surface area contributed by atoms with Crippen molar-refractivity contribution in [2.75, 3.05) is 14.2 Å². The summed E-state index contributed by atoms with van der Waals surface area (Å²) in [6.45, 7) is 3.97. The number of carbonyl (C=O) groups is 1. The number of hydroxylamine groups is 2. The number of carbonyl (C=O) groups excluding carboxylic acids is 1. The van der Waals surface area contributed by atoms with Crippen LogP contribution < -0.4 is 4.74 Å². The molecule has 1 heterocycles.